The lowest BCUT2D eigenvalue weighted by Crippen LogP contribution is -2.43. The van der Waals surface area contributed by atoms with Crippen molar-refractivity contribution in [2.45, 2.75) is 38.4 Å². The molecule has 0 fully saturated rings. The molecule has 0 aromatic rings. The molecule has 0 aliphatic rings. The van der Waals surface area contributed by atoms with Gasteiger partial charge in [0.15, 0.2) is 5.60 Å². The second-order valence-electron chi connectivity index (χ2n) is 4.03. The first-order valence-electron chi connectivity index (χ1n) is 5.66. The Hall–Kier alpha value is -1.67. The molecule has 19 heavy (non-hydrogen) atoms. The van der Waals surface area contributed by atoms with Gasteiger partial charge in [0.1, 0.15) is 6.61 Å². The molecule has 2 unspecified atom stereocenters. The highest BCUT2D eigenvalue weighted by molar-refractivity contribution is 5.88. The lowest BCUT2D eigenvalue weighted by molar-refractivity contribution is -0.172. The number of aliphatic hydroxyl groups is 1. The average Bonchev–Trinajstić information content (AvgIpc) is 2.25. The molecule has 3 N–H and O–H groups in total. The van der Waals surface area contributed by atoms with Crippen molar-refractivity contribution in [1.82, 2.24) is 0 Å². The lowest BCUT2D eigenvalue weighted by Gasteiger charge is -2.20. The van der Waals surface area contributed by atoms with Gasteiger partial charge in [0, 0.05) is 6.61 Å². The highest BCUT2D eigenvalue weighted by Crippen LogP contribution is 2.17. The summed E-state index contributed by atoms with van der Waals surface area (Å²) in [4.78, 5) is 32.6. The van der Waals surface area contributed by atoms with E-state index in [0.717, 1.165) is 0 Å². The zero-order valence-corrected chi connectivity index (χ0v) is 10.8. The van der Waals surface area contributed by atoms with E-state index in [9.17, 15) is 19.5 Å². The number of ether oxygens (including phenoxy) is 2. The maximum atomic E-state index is 11.4. The summed E-state index contributed by atoms with van der Waals surface area (Å²) in [7, 11) is 0. The van der Waals surface area contributed by atoms with Crippen LogP contribution in [0.2, 0.25) is 0 Å². The molecule has 0 amide bonds. The quantitative estimate of drug-likeness (QED) is 0.487. The van der Waals surface area contributed by atoms with Gasteiger partial charge >= 0.3 is 17.9 Å². The Labute approximate surface area is 109 Å². The summed E-state index contributed by atoms with van der Waals surface area (Å²) >= 11 is 0. The number of carbonyl (C=O) groups is 3. The summed E-state index contributed by atoms with van der Waals surface area (Å²) in [5, 5.41) is 26.8. The van der Waals surface area contributed by atoms with E-state index in [1.165, 1.54) is 0 Å². The van der Waals surface area contributed by atoms with Crippen LogP contribution in [-0.4, -0.2) is 58.1 Å². The minimum atomic E-state index is -2.67. The molecule has 8 heteroatoms. The summed E-state index contributed by atoms with van der Waals surface area (Å²) in [6, 6.07) is 0. The van der Waals surface area contributed by atoms with E-state index in [1.807, 2.05) is 0 Å². The second kappa shape index (κ2) is 7.70. The predicted molar refractivity (Wildman–Crippen MR) is 61.5 cm³/mol. The summed E-state index contributed by atoms with van der Waals surface area (Å²) in [6.45, 7) is 3.73. The number of hydrogen-bond donors (Lipinski definition) is 3. The lowest BCUT2D eigenvalue weighted by atomic mass is 9.96. The first-order valence-corrected chi connectivity index (χ1v) is 5.66. The van der Waals surface area contributed by atoms with Crippen LogP contribution < -0.4 is 0 Å². The third-order valence-corrected chi connectivity index (χ3v) is 2.21. The van der Waals surface area contributed by atoms with Crippen molar-refractivity contribution >= 4 is 17.9 Å². The molecule has 0 aliphatic heterocycles. The molecule has 0 saturated heterocycles. The molecule has 110 valence electrons. The van der Waals surface area contributed by atoms with Gasteiger partial charge in [-0.3, -0.25) is 9.59 Å². The number of carbonyl (C=O) groups excluding carboxylic acids is 1. The fourth-order valence-electron chi connectivity index (χ4n) is 1.30. The van der Waals surface area contributed by atoms with Crippen LogP contribution in [0.15, 0.2) is 0 Å². The zero-order valence-electron chi connectivity index (χ0n) is 10.8. The summed E-state index contributed by atoms with van der Waals surface area (Å²) in [6.07, 6.45) is -2.39. The molecule has 0 spiro atoms. The van der Waals surface area contributed by atoms with Crippen molar-refractivity contribution in [3.63, 3.8) is 0 Å². The van der Waals surface area contributed by atoms with Gasteiger partial charge in [-0.25, -0.2) is 4.79 Å². The molecular weight excluding hydrogens is 260 g/mol. The molecule has 0 radical (unpaired) electrons. The molecule has 8 nitrogen and oxygen atoms in total. The van der Waals surface area contributed by atoms with Crippen molar-refractivity contribution < 1.29 is 39.2 Å². The number of rotatable bonds is 9. The van der Waals surface area contributed by atoms with E-state index in [4.69, 9.17) is 19.7 Å². The van der Waals surface area contributed by atoms with Crippen LogP contribution >= 0.6 is 0 Å². The minimum Gasteiger partial charge on any atom is -0.481 e. The largest absolute Gasteiger partial charge is 0.481 e. The fraction of sp³-hybridized carbons (Fsp3) is 0.727. The van der Waals surface area contributed by atoms with E-state index in [-0.39, 0.29) is 12.7 Å². The van der Waals surface area contributed by atoms with Crippen LogP contribution in [0.3, 0.4) is 0 Å². The first-order chi connectivity index (χ1) is 8.71. The monoisotopic (exact) mass is 278 g/mol. The van der Waals surface area contributed by atoms with Crippen LogP contribution in [0.25, 0.3) is 0 Å². The Morgan fingerprint density at radius 1 is 1.21 bits per heavy atom. The summed E-state index contributed by atoms with van der Waals surface area (Å²) in [5.74, 6) is -4.32. The van der Waals surface area contributed by atoms with Gasteiger partial charge in [-0.15, -0.1) is 0 Å². The SMILES string of the molecule is CCOC(C)COC(=O)CC(O)(CC(=O)O)C(=O)O. The van der Waals surface area contributed by atoms with Crippen LogP contribution in [-0.2, 0) is 23.9 Å². The van der Waals surface area contributed by atoms with Gasteiger partial charge in [0.05, 0.1) is 18.9 Å². The van der Waals surface area contributed by atoms with Crippen LogP contribution in [0.4, 0.5) is 0 Å². The smallest absolute Gasteiger partial charge is 0.336 e. The average molecular weight is 278 g/mol. The normalized spacial score (nSPS) is 15.3. The van der Waals surface area contributed by atoms with E-state index < -0.39 is 36.4 Å². The van der Waals surface area contributed by atoms with Crippen molar-refractivity contribution in [3.8, 4) is 0 Å². The number of esters is 1. The highest BCUT2D eigenvalue weighted by Gasteiger charge is 2.41. The topological polar surface area (TPSA) is 130 Å². The van der Waals surface area contributed by atoms with Crippen molar-refractivity contribution in [2.24, 2.45) is 0 Å². The van der Waals surface area contributed by atoms with Crippen molar-refractivity contribution in [2.75, 3.05) is 13.2 Å². The molecule has 0 heterocycles. The predicted octanol–water partition coefficient (Wildman–Crippen LogP) is -0.365. The Kier molecular flexibility index (Phi) is 7.02. The van der Waals surface area contributed by atoms with Gasteiger partial charge in [-0.05, 0) is 13.8 Å². The number of carboxylic acid groups (broad SMARTS) is 2. The molecule has 0 aliphatic carbocycles. The molecule has 0 rings (SSSR count). The zero-order chi connectivity index (χ0) is 15.1. The van der Waals surface area contributed by atoms with E-state index in [1.54, 1.807) is 13.8 Å². The maximum Gasteiger partial charge on any atom is 0.336 e. The van der Waals surface area contributed by atoms with E-state index in [0.29, 0.717) is 6.61 Å². The highest BCUT2D eigenvalue weighted by atomic mass is 16.6. The molecular formula is C11H18O8. The maximum absolute atomic E-state index is 11.4. The van der Waals surface area contributed by atoms with Gasteiger partial charge in [0.25, 0.3) is 0 Å². The van der Waals surface area contributed by atoms with Gasteiger partial charge in [0.2, 0.25) is 0 Å². The molecule has 0 bridgehead atoms. The van der Waals surface area contributed by atoms with Crippen LogP contribution in [0.5, 0.6) is 0 Å². The summed E-state index contributed by atoms with van der Waals surface area (Å²) in [5.41, 5.74) is -2.67. The van der Waals surface area contributed by atoms with E-state index in [2.05, 4.69) is 0 Å². The minimum absolute atomic E-state index is 0.102. The number of hydrogen-bond acceptors (Lipinski definition) is 6. The Morgan fingerprint density at radius 3 is 2.21 bits per heavy atom. The second-order valence-corrected chi connectivity index (χ2v) is 4.03. The molecule has 2 atom stereocenters. The fourth-order valence-corrected chi connectivity index (χ4v) is 1.30. The van der Waals surface area contributed by atoms with Gasteiger partial charge < -0.3 is 24.8 Å². The van der Waals surface area contributed by atoms with Gasteiger partial charge in [-0.2, -0.15) is 0 Å². The number of aliphatic carboxylic acids is 2. The number of carboxylic acids is 2. The third-order valence-electron chi connectivity index (χ3n) is 2.21. The van der Waals surface area contributed by atoms with Crippen LogP contribution in [0.1, 0.15) is 26.7 Å². The Morgan fingerprint density at radius 2 is 1.79 bits per heavy atom. The summed E-state index contributed by atoms with van der Waals surface area (Å²) < 4.78 is 9.79. The van der Waals surface area contributed by atoms with Crippen LogP contribution in [0, 0.1) is 0 Å². The van der Waals surface area contributed by atoms with Crippen molar-refractivity contribution in [3.05, 3.63) is 0 Å². The third kappa shape index (κ3) is 6.73. The standard InChI is InChI=1S/C11H18O8/c1-3-18-7(2)6-19-9(14)5-11(17,10(15)16)4-8(12)13/h7,17H,3-6H2,1-2H3,(H,12,13)(H,15,16). The Bertz CT molecular complexity index is 340. The Balaban J connectivity index is 4.40. The molecule has 0 aromatic heterocycles. The molecule has 0 saturated carbocycles. The first kappa shape index (κ1) is 17.3. The van der Waals surface area contributed by atoms with Gasteiger partial charge in [-0.1, -0.05) is 0 Å². The molecule has 0 aromatic carbocycles. The van der Waals surface area contributed by atoms with E-state index >= 15 is 0 Å². The van der Waals surface area contributed by atoms with Crippen molar-refractivity contribution in [1.29, 1.82) is 0 Å².